The molecule has 0 unspecified atom stereocenters. The second kappa shape index (κ2) is 15.4. The van der Waals surface area contributed by atoms with Gasteiger partial charge >= 0.3 is 0 Å². The Balaban J connectivity index is 1.58. The van der Waals surface area contributed by atoms with E-state index in [0.717, 1.165) is 77.1 Å². The van der Waals surface area contributed by atoms with Crippen molar-refractivity contribution >= 4 is 16.6 Å². The number of hydrogen-bond donors (Lipinski definition) is 0. The monoisotopic (exact) mass is 686 g/mol. The van der Waals surface area contributed by atoms with Gasteiger partial charge in [-0.3, -0.25) is 0 Å². The number of carbonyl (C=O) groups excluding carboxylic acids is 1. The minimum absolute atomic E-state index is 0.169. The third-order valence-corrected chi connectivity index (χ3v) is 10.9. The zero-order valence-corrected chi connectivity index (χ0v) is 30.3. The number of hydrogen-bond acceptors (Lipinski definition) is 4. The van der Waals surface area contributed by atoms with E-state index < -0.39 is 12.3 Å². The summed E-state index contributed by atoms with van der Waals surface area (Å²) in [6.07, 6.45) is 5.54. The molecular weight excluding hydrogens is 639 g/mol. The first-order chi connectivity index (χ1) is 24.4. The number of aryl methyl sites for hydroxylation is 1. The van der Waals surface area contributed by atoms with Crippen LogP contribution < -0.4 is 4.74 Å². The third-order valence-electron chi connectivity index (χ3n) is 10.9. The number of nitrogens with zero attached hydrogens (tertiary/aromatic N) is 2. The van der Waals surface area contributed by atoms with Crippen LogP contribution >= 0.6 is 0 Å². The second-order valence-corrected chi connectivity index (χ2v) is 15.8. The molecule has 6 rings (SSSR count). The van der Waals surface area contributed by atoms with Crippen LogP contribution in [0.3, 0.4) is 0 Å². The molecule has 0 heterocycles. The molecule has 0 aromatic heterocycles. The van der Waals surface area contributed by atoms with E-state index in [1.807, 2.05) is 24.3 Å². The highest BCUT2D eigenvalue weighted by Gasteiger charge is 2.29. The molecular formula is C45H48F2N2O2. The number of carbonyl (C=O) groups is 1. The van der Waals surface area contributed by atoms with E-state index in [0.29, 0.717) is 60.3 Å². The molecule has 0 aliphatic heterocycles. The molecule has 0 N–H and O–H groups in total. The predicted octanol–water partition coefficient (Wildman–Crippen LogP) is 12.2. The summed E-state index contributed by atoms with van der Waals surface area (Å²) in [4.78, 5) is 11.6. The molecule has 4 nitrogen and oxygen atoms in total. The van der Waals surface area contributed by atoms with Gasteiger partial charge in [0.25, 0.3) is 0 Å². The van der Waals surface area contributed by atoms with Crippen molar-refractivity contribution in [2.45, 2.75) is 128 Å². The van der Waals surface area contributed by atoms with E-state index >= 15 is 0 Å². The topological polar surface area (TPSA) is 73.9 Å². The Hall–Kier alpha value is -4.55. The lowest BCUT2D eigenvalue weighted by molar-refractivity contribution is -0.117. The summed E-state index contributed by atoms with van der Waals surface area (Å²) in [6, 6.07) is 25.1. The molecule has 264 valence electrons. The highest BCUT2D eigenvalue weighted by molar-refractivity contribution is 6.05. The van der Waals surface area contributed by atoms with E-state index in [2.05, 4.69) is 63.2 Å². The highest BCUT2D eigenvalue weighted by Crippen LogP contribution is 2.47. The average Bonchev–Trinajstić information content (AvgIpc) is 3.10. The summed E-state index contributed by atoms with van der Waals surface area (Å²) in [5.41, 5.74) is 6.16. The van der Waals surface area contributed by atoms with Gasteiger partial charge < -0.3 is 9.53 Å². The van der Waals surface area contributed by atoms with Gasteiger partial charge in [-0.15, -0.1) is 0 Å². The van der Waals surface area contributed by atoms with Crippen LogP contribution in [0.1, 0.15) is 137 Å². The van der Waals surface area contributed by atoms with Gasteiger partial charge in [0.2, 0.25) is 0 Å². The SMILES string of the molecule is CC(=O)CCCc1cccc(Oc2cc(C(C)(C)C)cc3cc(C#N)c(C#N)c(-c4cc(C5CCC(F)CC5)cc(C5CCC(F)CC5)c4)c23)c1. The standard InChI is InChI=1S/C45H48F2N2O2/c1-28(50)7-5-8-29-9-6-10-40(19-29)51-42-25-37(45(2,3)4)24-35-23-36(26-48)41(27-49)43(44(35)42)34-21-32(30-11-15-38(46)16-12-30)20-33(22-34)31-13-17-39(47)18-14-31/h6,9-10,19-25,30-31,38-39H,5,7-8,11-18H2,1-4H3. The molecule has 0 amide bonds. The number of ketones is 1. The molecule has 2 aliphatic rings. The van der Waals surface area contributed by atoms with Gasteiger partial charge in [-0.2, -0.15) is 10.5 Å². The molecule has 2 saturated carbocycles. The first kappa shape index (κ1) is 36.2. The Bertz CT molecular complexity index is 1960. The molecule has 0 saturated heterocycles. The van der Waals surface area contributed by atoms with Gasteiger partial charge in [0.1, 0.15) is 41.8 Å². The Kier molecular flexibility index (Phi) is 10.9. The van der Waals surface area contributed by atoms with Crippen LogP contribution in [0.5, 0.6) is 11.5 Å². The molecule has 0 spiro atoms. The molecule has 2 aliphatic carbocycles. The van der Waals surface area contributed by atoms with Crippen LogP contribution in [0.15, 0.2) is 60.7 Å². The smallest absolute Gasteiger partial charge is 0.136 e. The Morgan fingerprint density at radius 1 is 0.824 bits per heavy atom. The number of nitriles is 2. The number of rotatable bonds is 9. The highest BCUT2D eigenvalue weighted by atomic mass is 19.1. The lowest BCUT2D eigenvalue weighted by atomic mass is 9.77. The van der Waals surface area contributed by atoms with Crippen LogP contribution in [0.2, 0.25) is 0 Å². The number of Topliss-reactive ketones (excluding diaryl/α,β-unsaturated/α-hetero) is 1. The fraction of sp³-hybridized carbons (Fsp3) is 0.444. The number of alkyl halides is 2. The van der Waals surface area contributed by atoms with Crippen molar-refractivity contribution in [3.8, 4) is 34.8 Å². The van der Waals surface area contributed by atoms with Crippen molar-refractivity contribution in [1.82, 2.24) is 0 Å². The van der Waals surface area contributed by atoms with E-state index in [1.54, 1.807) is 13.0 Å². The maximum absolute atomic E-state index is 14.3. The molecule has 0 radical (unpaired) electrons. The van der Waals surface area contributed by atoms with Gasteiger partial charge in [-0.25, -0.2) is 8.78 Å². The van der Waals surface area contributed by atoms with Gasteiger partial charge in [0, 0.05) is 17.4 Å². The molecule has 4 aromatic carbocycles. The molecule has 6 heteroatoms. The summed E-state index contributed by atoms with van der Waals surface area (Å²) in [5.74, 6) is 1.77. The van der Waals surface area contributed by atoms with Crippen LogP contribution in [0, 0.1) is 22.7 Å². The van der Waals surface area contributed by atoms with Crippen LogP contribution in [0.25, 0.3) is 21.9 Å². The average molecular weight is 687 g/mol. The van der Waals surface area contributed by atoms with Crippen molar-refractivity contribution < 1.29 is 18.3 Å². The van der Waals surface area contributed by atoms with Crippen LogP contribution in [-0.4, -0.2) is 18.1 Å². The number of fused-ring (bicyclic) bond motifs is 1. The molecule has 4 aromatic rings. The quantitative estimate of drug-likeness (QED) is 0.176. The van der Waals surface area contributed by atoms with Crippen LogP contribution in [-0.2, 0) is 16.6 Å². The molecule has 0 bridgehead atoms. The van der Waals surface area contributed by atoms with Gasteiger partial charge in [0.15, 0.2) is 0 Å². The first-order valence-corrected chi connectivity index (χ1v) is 18.6. The van der Waals surface area contributed by atoms with Crippen LogP contribution in [0.4, 0.5) is 8.78 Å². The number of benzene rings is 4. The summed E-state index contributed by atoms with van der Waals surface area (Å²) in [5, 5.41) is 22.7. The summed E-state index contributed by atoms with van der Waals surface area (Å²) >= 11 is 0. The maximum Gasteiger partial charge on any atom is 0.136 e. The fourth-order valence-corrected chi connectivity index (χ4v) is 8.01. The molecule has 2 fully saturated rings. The summed E-state index contributed by atoms with van der Waals surface area (Å²) in [7, 11) is 0. The number of halogens is 2. The van der Waals surface area contributed by atoms with Crippen molar-refractivity contribution in [1.29, 1.82) is 10.5 Å². The lowest BCUT2D eigenvalue weighted by Gasteiger charge is -2.29. The Morgan fingerprint density at radius 3 is 2.00 bits per heavy atom. The van der Waals surface area contributed by atoms with E-state index in [1.165, 1.54) is 0 Å². The fourth-order valence-electron chi connectivity index (χ4n) is 8.01. The summed E-state index contributed by atoms with van der Waals surface area (Å²) in [6.45, 7) is 8.02. The van der Waals surface area contributed by atoms with E-state index in [-0.39, 0.29) is 23.0 Å². The largest absolute Gasteiger partial charge is 0.457 e. The third kappa shape index (κ3) is 8.34. The number of ether oxygens (including phenoxy) is 1. The van der Waals surface area contributed by atoms with E-state index in [9.17, 15) is 24.1 Å². The van der Waals surface area contributed by atoms with Crippen molar-refractivity contribution in [2.24, 2.45) is 0 Å². The minimum Gasteiger partial charge on any atom is -0.457 e. The van der Waals surface area contributed by atoms with Crippen molar-refractivity contribution in [3.05, 3.63) is 94.0 Å². The Labute approximate surface area is 301 Å². The van der Waals surface area contributed by atoms with Gasteiger partial charge in [-0.05, 0) is 146 Å². The summed E-state index contributed by atoms with van der Waals surface area (Å²) < 4.78 is 35.4. The maximum atomic E-state index is 14.3. The Morgan fingerprint density at radius 2 is 1.45 bits per heavy atom. The zero-order chi connectivity index (χ0) is 36.3. The first-order valence-electron chi connectivity index (χ1n) is 18.6. The normalized spacial score (nSPS) is 20.8. The zero-order valence-electron chi connectivity index (χ0n) is 30.3. The van der Waals surface area contributed by atoms with Crippen molar-refractivity contribution in [2.75, 3.05) is 0 Å². The molecule has 51 heavy (non-hydrogen) atoms. The van der Waals surface area contributed by atoms with Gasteiger partial charge in [-0.1, -0.05) is 57.2 Å². The lowest BCUT2D eigenvalue weighted by Crippen LogP contribution is -2.16. The van der Waals surface area contributed by atoms with Gasteiger partial charge in [0.05, 0.1) is 11.1 Å². The second-order valence-electron chi connectivity index (χ2n) is 15.8. The van der Waals surface area contributed by atoms with E-state index in [4.69, 9.17) is 4.74 Å². The van der Waals surface area contributed by atoms with Crippen molar-refractivity contribution in [3.63, 3.8) is 0 Å². The molecule has 0 atom stereocenters. The predicted molar refractivity (Wildman–Crippen MR) is 200 cm³/mol. The minimum atomic E-state index is -0.783.